The van der Waals surface area contributed by atoms with E-state index in [1.54, 1.807) is 6.20 Å². The molecule has 0 aliphatic heterocycles. The molecule has 3 nitrogen and oxygen atoms in total. The summed E-state index contributed by atoms with van der Waals surface area (Å²) in [7, 11) is 1.96. The molecule has 0 saturated heterocycles. The minimum atomic E-state index is 0.121. The van der Waals surface area contributed by atoms with Crippen molar-refractivity contribution in [2.75, 3.05) is 13.6 Å². The van der Waals surface area contributed by atoms with Gasteiger partial charge in [0, 0.05) is 12.7 Å². The van der Waals surface area contributed by atoms with E-state index in [2.05, 4.69) is 30.1 Å². The van der Waals surface area contributed by atoms with Crippen LogP contribution in [0.3, 0.4) is 0 Å². The molecule has 0 atom stereocenters. The number of nitrogens with zero attached hydrogens (tertiary/aromatic N) is 1. The number of nitrogens with one attached hydrogen (secondary N) is 1. The number of ketones is 1. The number of carbonyl (C=O) groups excluding carboxylic acids is 1. The summed E-state index contributed by atoms with van der Waals surface area (Å²) in [6, 6.07) is 12.0. The number of benzene rings is 1. The van der Waals surface area contributed by atoms with E-state index in [0.717, 1.165) is 6.54 Å². The van der Waals surface area contributed by atoms with E-state index in [9.17, 15) is 4.79 Å². The molecule has 0 radical (unpaired) electrons. The monoisotopic (exact) mass is 242 g/mol. The first-order chi connectivity index (χ1) is 8.65. The summed E-state index contributed by atoms with van der Waals surface area (Å²) in [5.41, 5.74) is 3.15. The van der Waals surface area contributed by atoms with Crippen LogP contribution in [0.2, 0.25) is 0 Å². The Morgan fingerprint density at radius 1 is 1.28 bits per heavy atom. The molecule has 0 bridgehead atoms. The third-order valence-corrected chi connectivity index (χ3v) is 2.85. The normalized spacial score (nSPS) is 10.8. The summed E-state index contributed by atoms with van der Waals surface area (Å²) < 4.78 is 0. The Morgan fingerprint density at radius 2 is 2.11 bits per heavy atom. The quantitative estimate of drug-likeness (QED) is 0.818. The van der Waals surface area contributed by atoms with Crippen LogP contribution in [0, 0.1) is 6.92 Å². The zero-order valence-electron chi connectivity index (χ0n) is 10.8. The number of rotatable bonds is 5. The maximum Gasteiger partial charge on any atom is 0.192 e. The van der Waals surface area contributed by atoms with Crippen molar-refractivity contribution in [3.05, 3.63) is 59.4 Å². The second kappa shape index (κ2) is 5.65. The molecule has 0 aliphatic rings. The molecular formula is C15H18N2O. The molecule has 0 spiro atoms. The van der Waals surface area contributed by atoms with Crippen molar-refractivity contribution in [3.8, 4) is 0 Å². The van der Waals surface area contributed by atoms with Crippen LogP contribution >= 0.6 is 0 Å². The molecule has 0 amide bonds. The number of aromatic nitrogens is 1. The van der Waals surface area contributed by atoms with Crippen molar-refractivity contribution in [2.24, 2.45) is 0 Å². The fraction of sp³-hybridized carbons (Fsp3) is 0.267. The van der Waals surface area contributed by atoms with Crippen LogP contribution in [0.1, 0.15) is 21.6 Å². The maximum atomic E-state index is 11.9. The zero-order chi connectivity index (χ0) is 13.0. The SMILES string of the molecule is Cc1cccc(CN(C)CC(=O)c2ccc[nH]2)c1. The van der Waals surface area contributed by atoms with E-state index < -0.39 is 0 Å². The smallest absolute Gasteiger partial charge is 0.192 e. The Morgan fingerprint density at radius 3 is 2.78 bits per heavy atom. The fourth-order valence-electron chi connectivity index (χ4n) is 2.01. The van der Waals surface area contributed by atoms with Crippen LogP contribution in [0.5, 0.6) is 0 Å². The van der Waals surface area contributed by atoms with Crippen molar-refractivity contribution < 1.29 is 4.79 Å². The van der Waals surface area contributed by atoms with Crippen LogP contribution in [0.4, 0.5) is 0 Å². The number of carbonyl (C=O) groups is 1. The van der Waals surface area contributed by atoms with E-state index in [-0.39, 0.29) is 5.78 Å². The van der Waals surface area contributed by atoms with Crippen LogP contribution < -0.4 is 0 Å². The standard InChI is InChI=1S/C15H18N2O/c1-12-5-3-6-13(9-12)10-17(2)11-15(18)14-7-4-8-16-14/h3-9,16H,10-11H2,1-2H3. The number of aryl methyl sites for hydroxylation is 1. The van der Waals surface area contributed by atoms with Gasteiger partial charge in [-0.15, -0.1) is 0 Å². The highest BCUT2D eigenvalue weighted by Crippen LogP contribution is 2.07. The lowest BCUT2D eigenvalue weighted by molar-refractivity contribution is 0.0939. The molecule has 2 aromatic rings. The molecule has 1 N–H and O–H groups in total. The van der Waals surface area contributed by atoms with Gasteiger partial charge in [0.15, 0.2) is 5.78 Å². The average Bonchev–Trinajstić information content (AvgIpc) is 2.81. The van der Waals surface area contributed by atoms with Crippen molar-refractivity contribution in [1.29, 1.82) is 0 Å². The van der Waals surface area contributed by atoms with Crippen molar-refractivity contribution in [2.45, 2.75) is 13.5 Å². The van der Waals surface area contributed by atoms with Crippen molar-refractivity contribution in [3.63, 3.8) is 0 Å². The summed E-state index contributed by atoms with van der Waals surface area (Å²) in [5.74, 6) is 0.121. The average molecular weight is 242 g/mol. The van der Waals surface area contributed by atoms with Crippen LogP contribution in [-0.4, -0.2) is 29.3 Å². The predicted octanol–water partition coefficient (Wildman–Crippen LogP) is 2.64. The van der Waals surface area contributed by atoms with E-state index in [1.165, 1.54) is 11.1 Å². The number of hydrogen-bond acceptors (Lipinski definition) is 2. The van der Waals surface area contributed by atoms with Gasteiger partial charge < -0.3 is 4.98 Å². The first kappa shape index (κ1) is 12.6. The summed E-state index contributed by atoms with van der Waals surface area (Å²) in [6.45, 7) is 3.29. The molecule has 1 aromatic heterocycles. The first-order valence-electron chi connectivity index (χ1n) is 6.06. The summed E-state index contributed by atoms with van der Waals surface area (Å²) in [4.78, 5) is 16.9. The molecule has 1 heterocycles. The van der Waals surface area contributed by atoms with Gasteiger partial charge in [0.2, 0.25) is 0 Å². The minimum Gasteiger partial charge on any atom is -0.359 e. The van der Waals surface area contributed by atoms with E-state index >= 15 is 0 Å². The molecule has 3 heteroatoms. The van der Waals surface area contributed by atoms with Gasteiger partial charge in [-0.2, -0.15) is 0 Å². The zero-order valence-corrected chi connectivity index (χ0v) is 10.8. The highest BCUT2D eigenvalue weighted by atomic mass is 16.1. The van der Waals surface area contributed by atoms with E-state index in [4.69, 9.17) is 0 Å². The van der Waals surface area contributed by atoms with E-state index in [0.29, 0.717) is 12.2 Å². The summed E-state index contributed by atoms with van der Waals surface area (Å²) in [6.07, 6.45) is 1.77. The van der Waals surface area contributed by atoms with Gasteiger partial charge in [-0.3, -0.25) is 9.69 Å². The van der Waals surface area contributed by atoms with Gasteiger partial charge >= 0.3 is 0 Å². The molecule has 2 rings (SSSR count). The Hall–Kier alpha value is -1.87. The molecule has 0 aliphatic carbocycles. The molecule has 18 heavy (non-hydrogen) atoms. The predicted molar refractivity (Wildman–Crippen MR) is 72.6 cm³/mol. The minimum absolute atomic E-state index is 0.121. The number of aromatic amines is 1. The molecule has 94 valence electrons. The highest BCUT2D eigenvalue weighted by molar-refractivity contribution is 5.95. The molecular weight excluding hydrogens is 224 g/mol. The summed E-state index contributed by atoms with van der Waals surface area (Å²) >= 11 is 0. The van der Waals surface area contributed by atoms with Crippen molar-refractivity contribution >= 4 is 5.78 Å². The number of likely N-dealkylation sites (N-methyl/N-ethyl adjacent to an activating group) is 1. The third-order valence-electron chi connectivity index (χ3n) is 2.85. The fourth-order valence-corrected chi connectivity index (χ4v) is 2.01. The lowest BCUT2D eigenvalue weighted by Crippen LogP contribution is -2.25. The number of Topliss-reactive ketones (excluding diaryl/α,β-unsaturated/α-hetero) is 1. The summed E-state index contributed by atoms with van der Waals surface area (Å²) in [5, 5.41) is 0. The Kier molecular flexibility index (Phi) is 3.95. The Balaban J connectivity index is 1.93. The third kappa shape index (κ3) is 3.31. The van der Waals surface area contributed by atoms with Crippen LogP contribution in [-0.2, 0) is 6.54 Å². The maximum absolute atomic E-state index is 11.9. The van der Waals surface area contributed by atoms with Gasteiger partial charge in [0.05, 0.1) is 12.2 Å². The van der Waals surface area contributed by atoms with Crippen LogP contribution in [0.15, 0.2) is 42.6 Å². The second-order valence-corrected chi connectivity index (χ2v) is 4.67. The van der Waals surface area contributed by atoms with Gasteiger partial charge in [0.1, 0.15) is 0 Å². The molecule has 0 unspecified atom stereocenters. The number of H-pyrrole nitrogens is 1. The first-order valence-corrected chi connectivity index (χ1v) is 6.06. The molecule has 0 fully saturated rings. The van der Waals surface area contributed by atoms with Gasteiger partial charge in [-0.1, -0.05) is 29.8 Å². The van der Waals surface area contributed by atoms with Crippen LogP contribution in [0.25, 0.3) is 0 Å². The Bertz CT molecular complexity index is 517. The lowest BCUT2D eigenvalue weighted by Gasteiger charge is -2.15. The van der Waals surface area contributed by atoms with Gasteiger partial charge in [0.25, 0.3) is 0 Å². The molecule has 0 saturated carbocycles. The van der Waals surface area contributed by atoms with Gasteiger partial charge in [-0.05, 0) is 31.7 Å². The lowest BCUT2D eigenvalue weighted by atomic mass is 10.1. The van der Waals surface area contributed by atoms with Gasteiger partial charge in [-0.25, -0.2) is 0 Å². The second-order valence-electron chi connectivity index (χ2n) is 4.67. The topological polar surface area (TPSA) is 36.1 Å². The van der Waals surface area contributed by atoms with Crippen molar-refractivity contribution in [1.82, 2.24) is 9.88 Å². The Labute approximate surface area is 107 Å². The largest absolute Gasteiger partial charge is 0.359 e. The number of hydrogen-bond donors (Lipinski definition) is 1. The van der Waals surface area contributed by atoms with E-state index in [1.807, 2.05) is 30.1 Å². The highest BCUT2D eigenvalue weighted by Gasteiger charge is 2.10. The molecule has 1 aromatic carbocycles.